The first kappa shape index (κ1) is 19.4. The summed E-state index contributed by atoms with van der Waals surface area (Å²) in [6.07, 6.45) is 0.941. The van der Waals surface area contributed by atoms with Gasteiger partial charge in [0.2, 0.25) is 11.7 Å². The molecule has 3 aromatic rings. The Balaban J connectivity index is 1.78. The molecule has 0 fully saturated rings. The summed E-state index contributed by atoms with van der Waals surface area (Å²) in [6, 6.07) is 14.7. The molecular formula is C19H14N4O6. The summed E-state index contributed by atoms with van der Waals surface area (Å²) in [5, 5.41) is 37.3. The molecule has 29 heavy (non-hydrogen) atoms. The van der Waals surface area contributed by atoms with E-state index in [1.54, 1.807) is 6.07 Å². The first-order chi connectivity index (χ1) is 13.9. The van der Waals surface area contributed by atoms with E-state index in [0.29, 0.717) is 6.07 Å². The quantitative estimate of drug-likeness (QED) is 0.373. The second-order valence-electron chi connectivity index (χ2n) is 6.03. The lowest BCUT2D eigenvalue weighted by Crippen LogP contribution is -2.19. The Kier molecular flexibility index (Phi) is 5.44. The molecule has 1 amide bonds. The summed E-state index contributed by atoms with van der Waals surface area (Å²) in [6.45, 7) is 0. The molecule has 0 radical (unpaired) electrons. The van der Waals surface area contributed by atoms with E-state index < -0.39 is 32.9 Å². The Labute approximate surface area is 163 Å². The fourth-order valence-electron chi connectivity index (χ4n) is 2.80. The van der Waals surface area contributed by atoms with E-state index in [9.17, 15) is 30.1 Å². The number of aromatic hydroxyl groups is 1. The number of phenols is 1. The summed E-state index contributed by atoms with van der Waals surface area (Å²) < 4.78 is 0. The van der Waals surface area contributed by atoms with Crippen LogP contribution in [0.15, 0.2) is 59.7 Å². The molecular weight excluding hydrogens is 380 g/mol. The third-order valence-corrected chi connectivity index (χ3v) is 4.14. The van der Waals surface area contributed by atoms with Crippen molar-refractivity contribution in [3.8, 4) is 5.75 Å². The summed E-state index contributed by atoms with van der Waals surface area (Å²) in [5.74, 6) is -1.25. The van der Waals surface area contributed by atoms with Crippen molar-refractivity contribution >= 4 is 34.3 Å². The van der Waals surface area contributed by atoms with Gasteiger partial charge in [0, 0.05) is 6.07 Å². The molecule has 0 spiro atoms. The molecule has 2 N–H and O–H groups in total. The predicted octanol–water partition coefficient (Wildman–Crippen LogP) is 3.05. The van der Waals surface area contributed by atoms with Gasteiger partial charge in [0.25, 0.3) is 5.69 Å². The number of fused-ring (bicyclic) bond motifs is 1. The van der Waals surface area contributed by atoms with E-state index in [0.717, 1.165) is 28.6 Å². The van der Waals surface area contributed by atoms with E-state index >= 15 is 0 Å². The number of non-ortho nitro benzene ring substituents is 1. The van der Waals surface area contributed by atoms with Gasteiger partial charge in [0.05, 0.1) is 34.1 Å². The number of rotatable bonds is 6. The maximum absolute atomic E-state index is 12.2. The van der Waals surface area contributed by atoms with Crippen LogP contribution in [0.1, 0.15) is 11.1 Å². The summed E-state index contributed by atoms with van der Waals surface area (Å²) in [4.78, 5) is 32.3. The van der Waals surface area contributed by atoms with Crippen LogP contribution in [-0.4, -0.2) is 27.1 Å². The van der Waals surface area contributed by atoms with Crippen LogP contribution in [0.4, 0.5) is 11.4 Å². The molecule has 10 heteroatoms. The third-order valence-electron chi connectivity index (χ3n) is 4.14. The first-order valence-electron chi connectivity index (χ1n) is 8.31. The number of hydrazone groups is 1. The van der Waals surface area contributed by atoms with Gasteiger partial charge in [-0.2, -0.15) is 5.10 Å². The number of nitro benzene ring substituents is 2. The smallest absolute Gasteiger partial charge is 0.318 e. The number of hydrogen-bond acceptors (Lipinski definition) is 7. The van der Waals surface area contributed by atoms with Gasteiger partial charge in [0.15, 0.2) is 0 Å². The molecule has 0 saturated carbocycles. The van der Waals surface area contributed by atoms with Crippen molar-refractivity contribution in [2.45, 2.75) is 6.42 Å². The Morgan fingerprint density at radius 1 is 1.07 bits per heavy atom. The van der Waals surface area contributed by atoms with Gasteiger partial charge < -0.3 is 5.11 Å². The SMILES string of the molecule is O=C(Cc1cccc2ccccc12)N/N=C/c1cc([N+](=O)[O-])cc([N+](=O)[O-])c1O. The zero-order chi connectivity index (χ0) is 21.0. The highest BCUT2D eigenvalue weighted by Crippen LogP contribution is 2.33. The minimum atomic E-state index is -0.946. The number of carbonyl (C=O) groups is 1. The second kappa shape index (κ2) is 8.13. The zero-order valence-corrected chi connectivity index (χ0v) is 14.8. The van der Waals surface area contributed by atoms with E-state index in [2.05, 4.69) is 10.5 Å². The molecule has 0 aromatic heterocycles. The first-order valence-corrected chi connectivity index (χ1v) is 8.31. The summed E-state index contributed by atoms with van der Waals surface area (Å²) >= 11 is 0. The van der Waals surface area contributed by atoms with Crippen molar-refractivity contribution in [1.82, 2.24) is 5.43 Å². The molecule has 10 nitrogen and oxygen atoms in total. The number of benzene rings is 3. The second-order valence-corrected chi connectivity index (χ2v) is 6.03. The minimum Gasteiger partial charge on any atom is -0.502 e. The molecule has 0 bridgehead atoms. The monoisotopic (exact) mass is 394 g/mol. The number of phenolic OH excluding ortho intramolecular Hbond substituents is 1. The zero-order valence-electron chi connectivity index (χ0n) is 14.8. The fraction of sp³-hybridized carbons (Fsp3) is 0.0526. The van der Waals surface area contributed by atoms with Crippen molar-refractivity contribution in [1.29, 1.82) is 0 Å². The molecule has 0 unspecified atom stereocenters. The van der Waals surface area contributed by atoms with Crippen molar-refractivity contribution in [2.24, 2.45) is 5.10 Å². The lowest BCUT2D eigenvalue weighted by atomic mass is 10.0. The van der Waals surface area contributed by atoms with Gasteiger partial charge in [-0.05, 0) is 16.3 Å². The van der Waals surface area contributed by atoms with Crippen molar-refractivity contribution in [2.75, 3.05) is 0 Å². The number of carbonyl (C=O) groups excluding carboxylic acids is 1. The van der Waals surface area contributed by atoms with E-state index in [1.165, 1.54) is 0 Å². The minimum absolute atomic E-state index is 0.0275. The van der Waals surface area contributed by atoms with E-state index in [4.69, 9.17) is 0 Å². The maximum Gasteiger partial charge on any atom is 0.318 e. The van der Waals surface area contributed by atoms with Gasteiger partial charge in [0.1, 0.15) is 0 Å². The van der Waals surface area contributed by atoms with E-state index in [-0.39, 0.29) is 12.0 Å². The van der Waals surface area contributed by atoms with Gasteiger partial charge in [-0.1, -0.05) is 42.5 Å². The normalized spacial score (nSPS) is 10.9. The summed E-state index contributed by atoms with van der Waals surface area (Å²) in [7, 11) is 0. The number of nitrogens with zero attached hydrogens (tertiary/aromatic N) is 3. The van der Waals surface area contributed by atoms with Crippen LogP contribution in [0.3, 0.4) is 0 Å². The van der Waals surface area contributed by atoms with Gasteiger partial charge in [-0.3, -0.25) is 25.0 Å². The molecule has 0 aliphatic heterocycles. The number of nitrogens with one attached hydrogen (secondary N) is 1. The molecule has 0 heterocycles. The van der Waals surface area contributed by atoms with Crippen LogP contribution in [0.25, 0.3) is 10.8 Å². The average Bonchev–Trinajstić information content (AvgIpc) is 2.69. The van der Waals surface area contributed by atoms with Crippen LogP contribution in [-0.2, 0) is 11.2 Å². The topological polar surface area (TPSA) is 148 Å². The molecule has 3 aromatic carbocycles. The van der Waals surface area contributed by atoms with Crippen LogP contribution in [0.5, 0.6) is 5.75 Å². The Morgan fingerprint density at radius 3 is 2.52 bits per heavy atom. The van der Waals surface area contributed by atoms with Crippen LogP contribution < -0.4 is 5.43 Å². The van der Waals surface area contributed by atoms with Crippen LogP contribution >= 0.6 is 0 Å². The lowest BCUT2D eigenvalue weighted by Gasteiger charge is -2.05. The average molecular weight is 394 g/mol. The molecule has 0 aliphatic rings. The van der Waals surface area contributed by atoms with Crippen molar-refractivity contribution < 1.29 is 19.7 Å². The highest BCUT2D eigenvalue weighted by atomic mass is 16.6. The van der Waals surface area contributed by atoms with Crippen LogP contribution in [0.2, 0.25) is 0 Å². The Morgan fingerprint density at radius 2 is 1.79 bits per heavy atom. The standard InChI is InChI=1S/C19H14N4O6/c24-18(9-13-6-3-5-12-4-1-2-7-16(12)13)21-20-11-14-8-15(22(26)27)10-17(19(14)25)23(28)29/h1-8,10-11,25H,9H2,(H,21,24)/b20-11+. The highest BCUT2D eigenvalue weighted by Gasteiger charge is 2.23. The molecule has 146 valence electrons. The molecule has 0 saturated heterocycles. The third kappa shape index (κ3) is 4.33. The largest absolute Gasteiger partial charge is 0.502 e. The van der Waals surface area contributed by atoms with Gasteiger partial charge in [-0.25, -0.2) is 5.43 Å². The van der Waals surface area contributed by atoms with E-state index in [1.807, 2.05) is 36.4 Å². The lowest BCUT2D eigenvalue weighted by molar-refractivity contribution is -0.394. The number of nitro groups is 2. The maximum atomic E-state index is 12.2. The van der Waals surface area contributed by atoms with Gasteiger partial charge in [-0.15, -0.1) is 0 Å². The number of hydrogen-bond donors (Lipinski definition) is 2. The highest BCUT2D eigenvalue weighted by molar-refractivity contribution is 5.91. The molecule has 0 atom stereocenters. The fourth-order valence-corrected chi connectivity index (χ4v) is 2.80. The predicted molar refractivity (Wildman–Crippen MR) is 105 cm³/mol. The van der Waals surface area contributed by atoms with Crippen molar-refractivity contribution in [3.63, 3.8) is 0 Å². The summed E-state index contributed by atoms with van der Waals surface area (Å²) in [5.41, 5.74) is 1.35. The number of amides is 1. The Hall–Kier alpha value is -4.34. The molecule has 0 aliphatic carbocycles. The Bertz CT molecular complexity index is 1150. The van der Waals surface area contributed by atoms with Crippen LogP contribution in [0, 0.1) is 20.2 Å². The van der Waals surface area contributed by atoms with Gasteiger partial charge >= 0.3 is 5.69 Å². The van der Waals surface area contributed by atoms with Crippen molar-refractivity contribution in [3.05, 3.63) is 86.0 Å². The molecule has 3 rings (SSSR count).